The molecule has 0 aliphatic heterocycles. The van der Waals surface area contributed by atoms with Gasteiger partial charge in [-0.2, -0.15) is 4.39 Å². The molecule has 0 spiro atoms. The third-order valence-electron chi connectivity index (χ3n) is 8.14. The van der Waals surface area contributed by atoms with Gasteiger partial charge in [-0.25, -0.2) is 13.2 Å². The molecule has 0 unspecified atom stereocenters. The molecule has 0 N–H and O–H groups in total. The van der Waals surface area contributed by atoms with E-state index < -0.39 is 23.3 Å². The molecular weight excluding hydrogens is 468 g/mol. The van der Waals surface area contributed by atoms with Crippen LogP contribution in [0.5, 0.6) is 5.75 Å². The molecule has 0 saturated heterocycles. The van der Waals surface area contributed by atoms with Gasteiger partial charge in [-0.1, -0.05) is 38.0 Å². The van der Waals surface area contributed by atoms with E-state index in [2.05, 4.69) is 6.92 Å². The third-order valence-corrected chi connectivity index (χ3v) is 8.14. The highest BCUT2D eigenvalue weighted by molar-refractivity contribution is 5.33. The Balaban J connectivity index is 1.30. The van der Waals surface area contributed by atoms with Crippen LogP contribution in [0.25, 0.3) is 0 Å². The zero-order chi connectivity index (χ0) is 25.7. The molecular formula is C30H38F4O2. The van der Waals surface area contributed by atoms with E-state index in [1.54, 1.807) is 25.1 Å². The average molecular weight is 507 g/mol. The predicted molar refractivity (Wildman–Crippen MR) is 133 cm³/mol. The Kier molecular flexibility index (Phi) is 9.32. The first-order chi connectivity index (χ1) is 17.4. The molecule has 0 amide bonds. The summed E-state index contributed by atoms with van der Waals surface area (Å²) in [7, 11) is 0. The van der Waals surface area contributed by atoms with E-state index in [1.165, 1.54) is 18.9 Å². The summed E-state index contributed by atoms with van der Waals surface area (Å²) in [6.45, 7) is 4.19. The predicted octanol–water partition coefficient (Wildman–Crippen LogP) is 8.96. The van der Waals surface area contributed by atoms with Crippen LogP contribution < -0.4 is 4.74 Å². The van der Waals surface area contributed by atoms with Gasteiger partial charge < -0.3 is 9.47 Å². The lowest BCUT2D eigenvalue weighted by atomic mass is 9.77. The molecule has 198 valence electrons. The number of ether oxygens (including phenoxy) is 2. The fourth-order valence-corrected chi connectivity index (χ4v) is 6.08. The van der Waals surface area contributed by atoms with Crippen molar-refractivity contribution in [2.45, 2.75) is 103 Å². The summed E-state index contributed by atoms with van der Waals surface area (Å²) in [5, 5.41) is 0. The standard InChI is InChI=1S/C30H38F4O2/c1-3-5-19-6-8-20(9-7-19)24-15-12-22(27(31)28(24)32)18-36-23-13-10-21(11-14-23)25-16-17-26(35-4-2)30(34)29(25)33/h12,15-17,19-21,23H,3-11,13-14,18H2,1-2H3. The Labute approximate surface area is 212 Å². The Morgan fingerprint density at radius 3 is 1.89 bits per heavy atom. The van der Waals surface area contributed by atoms with Crippen molar-refractivity contribution >= 4 is 0 Å². The molecule has 2 aliphatic carbocycles. The first-order valence-electron chi connectivity index (χ1n) is 13.6. The highest BCUT2D eigenvalue weighted by Gasteiger charge is 2.29. The maximum atomic E-state index is 14.9. The molecule has 0 aromatic heterocycles. The van der Waals surface area contributed by atoms with Gasteiger partial charge in [0.05, 0.1) is 19.3 Å². The Morgan fingerprint density at radius 2 is 1.28 bits per heavy atom. The monoisotopic (exact) mass is 506 g/mol. The molecule has 2 fully saturated rings. The lowest BCUT2D eigenvalue weighted by Crippen LogP contribution is -2.22. The van der Waals surface area contributed by atoms with Gasteiger partial charge in [0.1, 0.15) is 0 Å². The molecule has 0 bridgehead atoms. The Hall–Kier alpha value is -2.08. The van der Waals surface area contributed by atoms with Crippen LogP contribution >= 0.6 is 0 Å². The van der Waals surface area contributed by atoms with Gasteiger partial charge in [0.15, 0.2) is 23.2 Å². The number of benzene rings is 2. The molecule has 2 nitrogen and oxygen atoms in total. The van der Waals surface area contributed by atoms with E-state index >= 15 is 0 Å². The van der Waals surface area contributed by atoms with Crippen LogP contribution in [-0.4, -0.2) is 12.7 Å². The number of hydrogen-bond acceptors (Lipinski definition) is 2. The molecule has 0 heterocycles. The van der Waals surface area contributed by atoms with E-state index in [0.29, 0.717) is 42.7 Å². The highest BCUT2D eigenvalue weighted by atomic mass is 19.2. The van der Waals surface area contributed by atoms with Crippen molar-refractivity contribution in [2.75, 3.05) is 6.61 Å². The van der Waals surface area contributed by atoms with Gasteiger partial charge in [0.25, 0.3) is 0 Å². The second-order valence-electron chi connectivity index (χ2n) is 10.4. The first-order valence-corrected chi connectivity index (χ1v) is 13.6. The van der Waals surface area contributed by atoms with Crippen molar-refractivity contribution in [2.24, 2.45) is 5.92 Å². The molecule has 2 aliphatic rings. The molecule has 4 rings (SSSR count). The van der Waals surface area contributed by atoms with Crippen LogP contribution in [0, 0.1) is 29.2 Å². The summed E-state index contributed by atoms with van der Waals surface area (Å²) >= 11 is 0. The summed E-state index contributed by atoms with van der Waals surface area (Å²) in [6.07, 6.45) is 8.87. The second kappa shape index (κ2) is 12.4. The van der Waals surface area contributed by atoms with Gasteiger partial charge in [0.2, 0.25) is 5.82 Å². The topological polar surface area (TPSA) is 18.5 Å². The lowest BCUT2D eigenvalue weighted by Gasteiger charge is -2.30. The van der Waals surface area contributed by atoms with Crippen molar-refractivity contribution < 1.29 is 27.0 Å². The molecule has 2 aromatic rings. The molecule has 0 radical (unpaired) electrons. The van der Waals surface area contributed by atoms with E-state index in [9.17, 15) is 17.6 Å². The smallest absolute Gasteiger partial charge is 0.200 e. The van der Waals surface area contributed by atoms with Crippen LogP contribution in [0.15, 0.2) is 24.3 Å². The Morgan fingerprint density at radius 1 is 0.694 bits per heavy atom. The zero-order valence-electron chi connectivity index (χ0n) is 21.4. The summed E-state index contributed by atoms with van der Waals surface area (Å²) < 4.78 is 69.7. The normalized spacial score (nSPS) is 24.6. The number of hydrogen-bond donors (Lipinski definition) is 0. The van der Waals surface area contributed by atoms with Crippen molar-refractivity contribution in [3.8, 4) is 5.75 Å². The van der Waals surface area contributed by atoms with Crippen molar-refractivity contribution in [1.82, 2.24) is 0 Å². The van der Waals surface area contributed by atoms with Crippen LogP contribution in [0.3, 0.4) is 0 Å². The van der Waals surface area contributed by atoms with E-state index in [0.717, 1.165) is 25.7 Å². The van der Waals surface area contributed by atoms with Gasteiger partial charge >= 0.3 is 0 Å². The van der Waals surface area contributed by atoms with Crippen LogP contribution in [-0.2, 0) is 11.3 Å². The number of rotatable bonds is 9. The summed E-state index contributed by atoms with van der Waals surface area (Å²) in [5.74, 6) is -2.69. The largest absolute Gasteiger partial charge is 0.491 e. The van der Waals surface area contributed by atoms with Gasteiger partial charge in [0, 0.05) is 5.56 Å². The molecule has 6 heteroatoms. The highest BCUT2D eigenvalue weighted by Crippen LogP contribution is 2.40. The van der Waals surface area contributed by atoms with Crippen LogP contribution in [0.4, 0.5) is 17.6 Å². The molecule has 2 aromatic carbocycles. The summed E-state index contributed by atoms with van der Waals surface area (Å²) in [6, 6.07) is 6.49. The summed E-state index contributed by atoms with van der Waals surface area (Å²) in [5.41, 5.74) is 1.09. The molecule has 36 heavy (non-hydrogen) atoms. The number of halogens is 4. The fraction of sp³-hybridized carbons (Fsp3) is 0.600. The zero-order valence-corrected chi connectivity index (χ0v) is 21.4. The maximum Gasteiger partial charge on any atom is 0.200 e. The fourth-order valence-electron chi connectivity index (χ4n) is 6.08. The SMILES string of the molecule is CCCC1CCC(c2ccc(COC3CCC(c4ccc(OCC)c(F)c4F)CC3)c(F)c2F)CC1. The van der Waals surface area contributed by atoms with Crippen molar-refractivity contribution in [1.29, 1.82) is 0 Å². The van der Waals surface area contributed by atoms with Crippen LogP contribution in [0.2, 0.25) is 0 Å². The van der Waals surface area contributed by atoms with Gasteiger partial charge in [-0.05, 0) is 93.2 Å². The second-order valence-corrected chi connectivity index (χ2v) is 10.4. The average Bonchev–Trinajstić information content (AvgIpc) is 2.89. The first kappa shape index (κ1) is 27.0. The lowest BCUT2D eigenvalue weighted by molar-refractivity contribution is 0.0116. The molecule has 0 atom stereocenters. The van der Waals surface area contributed by atoms with Crippen molar-refractivity contribution in [3.05, 3.63) is 64.2 Å². The van der Waals surface area contributed by atoms with E-state index in [-0.39, 0.29) is 42.5 Å². The summed E-state index contributed by atoms with van der Waals surface area (Å²) in [4.78, 5) is 0. The minimum atomic E-state index is -0.942. The maximum absolute atomic E-state index is 14.9. The Bertz CT molecular complexity index is 1010. The van der Waals surface area contributed by atoms with E-state index in [1.807, 2.05) is 0 Å². The van der Waals surface area contributed by atoms with Gasteiger partial charge in [-0.3, -0.25) is 0 Å². The van der Waals surface area contributed by atoms with E-state index in [4.69, 9.17) is 9.47 Å². The quantitative estimate of drug-likeness (QED) is 0.316. The van der Waals surface area contributed by atoms with Crippen molar-refractivity contribution in [3.63, 3.8) is 0 Å². The van der Waals surface area contributed by atoms with Gasteiger partial charge in [-0.15, -0.1) is 0 Å². The molecule has 2 saturated carbocycles. The minimum Gasteiger partial charge on any atom is -0.491 e. The third kappa shape index (κ3) is 6.07. The minimum absolute atomic E-state index is 0.00759. The van der Waals surface area contributed by atoms with Crippen LogP contribution in [0.1, 0.15) is 107 Å².